The van der Waals surface area contributed by atoms with Crippen molar-refractivity contribution in [1.82, 2.24) is 4.98 Å². The van der Waals surface area contributed by atoms with Crippen molar-refractivity contribution in [2.24, 2.45) is 5.73 Å². The Morgan fingerprint density at radius 2 is 2.42 bits per heavy atom. The molecule has 1 unspecified atom stereocenters. The van der Waals surface area contributed by atoms with Crippen LogP contribution in [0.5, 0.6) is 5.88 Å². The zero-order valence-corrected chi connectivity index (χ0v) is 7.45. The van der Waals surface area contributed by atoms with Crippen LogP contribution in [0.4, 0.5) is 0 Å². The second kappa shape index (κ2) is 4.07. The van der Waals surface area contributed by atoms with Crippen LogP contribution in [0.3, 0.4) is 0 Å². The number of pyridine rings is 1. The van der Waals surface area contributed by atoms with Gasteiger partial charge in [0.15, 0.2) is 0 Å². The number of rotatable bonds is 3. The summed E-state index contributed by atoms with van der Waals surface area (Å²) in [4.78, 5) is 4.00. The molecule has 1 atom stereocenters. The molecule has 0 bridgehead atoms. The lowest BCUT2D eigenvalue weighted by atomic mass is 10.1. The van der Waals surface area contributed by atoms with Crippen molar-refractivity contribution < 1.29 is 4.74 Å². The van der Waals surface area contributed by atoms with Crippen molar-refractivity contribution in [2.45, 2.75) is 19.4 Å². The molecule has 0 saturated heterocycles. The summed E-state index contributed by atoms with van der Waals surface area (Å²) < 4.78 is 4.98. The maximum absolute atomic E-state index is 5.65. The Labute approximate surface area is 72.6 Å². The second-order valence-electron chi connectivity index (χ2n) is 2.89. The minimum Gasteiger partial charge on any atom is -0.481 e. The predicted molar refractivity (Wildman–Crippen MR) is 48.1 cm³/mol. The number of hydrogen-bond acceptors (Lipinski definition) is 3. The third kappa shape index (κ3) is 2.51. The summed E-state index contributed by atoms with van der Waals surface area (Å²) in [5, 5.41) is 0. The smallest absolute Gasteiger partial charge is 0.213 e. The van der Waals surface area contributed by atoms with Crippen molar-refractivity contribution in [3.8, 4) is 5.88 Å². The fraction of sp³-hybridized carbons (Fsp3) is 0.444. The summed E-state index contributed by atoms with van der Waals surface area (Å²) in [5.41, 5.74) is 6.82. The van der Waals surface area contributed by atoms with Gasteiger partial charge in [-0.05, 0) is 25.0 Å². The molecule has 0 saturated carbocycles. The molecule has 2 N–H and O–H groups in total. The highest BCUT2D eigenvalue weighted by Gasteiger charge is 1.99. The first-order chi connectivity index (χ1) is 5.72. The van der Waals surface area contributed by atoms with Crippen LogP contribution in [0.1, 0.15) is 12.5 Å². The van der Waals surface area contributed by atoms with Crippen LogP contribution >= 0.6 is 0 Å². The van der Waals surface area contributed by atoms with Gasteiger partial charge in [-0.2, -0.15) is 0 Å². The van der Waals surface area contributed by atoms with Crippen LogP contribution in [0, 0.1) is 0 Å². The minimum atomic E-state index is 0.178. The maximum Gasteiger partial charge on any atom is 0.213 e. The zero-order chi connectivity index (χ0) is 8.97. The van der Waals surface area contributed by atoms with Crippen LogP contribution in [-0.2, 0) is 6.42 Å². The summed E-state index contributed by atoms with van der Waals surface area (Å²) in [5.74, 6) is 0.646. The van der Waals surface area contributed by atoms with Gasteiger partial charge in [0.2, 0.25) is 5.88 Å². The van der Waals surface area contributed by atoms with Crippen LogP contribution in [0.15, 0.2) is 18.3 Å². The van der Waals surface area contributed by atoms with Gasteiger partial charge in [-0.25, -0.2) is 4.98 Å². The third-order valence-electron chi connectivity index (χ3n) is 1.57. The fourth-order valence-corrected chi connectivity index (χ4v) is 1.06. The van der Waals surface area contributed by atoms with Gasteiger partial charge in [-0.3, -0.25) is 0 Å². The molecule has 1 rings (SSSR count). The van der Waals surface area contributed by atoms with Gasteiger partial charge in [0.1, 0.15) is 0 Å². The maximum atomic E-state index is 5.65. The van der Waals surface area contributed by atoms with Crippen molar-refractivity contribution in [1.29, 1.82) is 0 Å². The van der Waals surface area contributed by atoms with E-state index >= 15 is 0 Å². The van der Waals surface area contributed by atoms with Crippen LogP contribution in [-0.4, -0.2) is 18.1 Å². The van der Waals surface area contributed by atoms with Gasteiger partial charge in [0, 0.05) is 18.3 Å². The number of ether oxygens (including phenoxy) is 1. The normalized spacial score (nSPS) is 12.6. The predicted octanol–water partition coefficient (Wildman–Crippen LogP) is 0.980. The lowest BCUT2D eigenvalue weighted by Gasteiger charge is -2.05. The molecule has 0 aliphatic carbocycles. The van der Waals surface area contributed by atoms with Gasteiger partial charge in [-0.15, -0.1) is 0 Å². The van der Waals surface area contributed by atoms with E-state index in [1.54, 1.807) is 13.3 Å². The Kier molecular flexibility index (Phi) is 3.05. The Morgan fingerprint density at radius 1 is 1.67 bits per heavy atom. The minimum absolute atomic E-state index is 0.178. The summed E-state index contributed by atoms with van der Waals surface area (Å²) in [6.45, 7) is 1.98. The van der Waals surface area contributed by atoms with Gasteiger partial charge >= 0.3 is 0 Å². The molecule has 0 fully saturated rings. The van der Waals surface area contributed by atoms with Gasteiger partial charge in [0.25, 0.3) is 0 Å². The van der Waals surface area contributed by atoms with Crippen LogP contribution < -0.4 is 10.5 Å². The van der Waals surface area contributed by atoms with Crippen LogP contribution in [0.25, 0.3) is 0 Å². The summed E-state index contributed by atoms with van der Waals surface area (Å²) in [6, 6.07) is 4.03. The monoisotopic (exact) mass is 166 g/mol. The zero-order valence-electron chi connectivity index (χ0n) is 7.45. The fourth-order valence-electron chi connectivity index (χ4n) is 1.06. The van der Waals surface area contributed by atoms with E-state index in [-0.39, 0.29) is 6.04 Å². The van der Waals surface area contributed by atoms with Crippen molar-refractivity contribution in [3.63, 3.8) is 0 Å². The van der Waals surface area contributed by atoms with Crippen LogP contribution in [0.2, 0.25) is 0 Å². The highest BCUT2D eigenvalue weighted by molar-refractivity contribution is 5.20. The lowest BCUT2D eigenvalue weighted by molar-refractivity contribution is 0.397. The molecule has 0 radical (unpaired) electrons. The van der Waals surface area contributed by atoms with E-state index in [1.165, 1.54) is 0 Å². The van der Waals surface area contributed by atoms with Crippen molar-refractivity contribution >= 4 is 0 Å². The second-order valence-corrected chi connectivity index (χ2v) is 2.89. The van der Waals surface area contributed by atoms with E-state index in [1.807, 2.05) is 19.1 Å². The molecule has 66 valence electrons. The summed E-state index contributed by atoms with van der Waals surface area (Å²) in [6.07, 6.45) is 2.59. The van der Waals surface area contributed by atoms with Gasteiger partial charge < -0.3 is 10.5 Å². The average molecular weight is 166 g/mol. The Bertz CT molecular complexity index is 248. The van der Waals surface area contributed by atoms with E-state index < -0.39 is 0 Å². The van der Waals surface area contributed by atoms with E-state index in [4.69, 9.17) is 10.5 Å². The quantitative estimate of drug-likeness (QED) is 0.728. The lowest BCUT2D eigenvalue weighted by Crippen LogP contribution is -2.17. The molecule has 0 spiro atoms. The molecule has 1 aromatic heterocycles. The highest BCUT2D eigenvalue weighted by Crippen LogP contribution is 2.09. The Hall–Kier alpha value is -1.09. The molecule has 1 aromatic rings. The van der Waals surface area contributed by atoms with E-state index in [0.29, 0.717) is 5.88 Å². The largest absolute Gasteiger partial charge is 0.481 e. The number of methoxy groups -OCH3 is 1. The standard InChI is InChI=1S/C9H14N2O/c1-7(10)5-8-3-4-11-9(6-8)12-2/h3-4,6-7H,5,10H2,1-2H3. The SMILES string of the molecule is COc1cc(CC(C)N)ccn1. The van der Waals surface area contributed by atoms with Crippen molar-refractivity contribution in [2.75, 3.05) is 7.11 Å². The number of aromatic nitrogens is 1. The molecule has 0 aliphatic heterocycles. The highest BCUT2D eigenvalue weighted by atomic mass is 16.5. The van der Waals surface area contributed by atoms with E-state index in [0.717, 1.165) is 12.0 Å². The number of hydrogen-bond donors (Lipinski definition) is 1. The van der Waals surface area contributed by atoms with E-state index in [9.17, 15) is 0 Å². The first kappa shape index (κ1) is 9.00. The van der Waals surface area contributed by atoms with Gasteiger partial charge in [0.05, 0.1) is 7.11 Å². The summed E-state index contributed by atoms with van der Waals surface area (Å²) >= 11 is 0. The molecule has 0 amide bonds. The third-order valence-corrected chi connectivity index (χ3v) is 1.57. The summed E-state index contributed by atoms with van der Waals surface area (Å²) in [7, 11) is 1.61. The molecule has 3 nitrogen and oxygen atoms in total. The first-order valence-corrected chi connectivity index (χ1v) is 3.97. The van der Waals surface area contributed by atoms with Gasteiger partial charge in [-0.1, -0.05) is 0 Å². The molecule has 0 aromatic carbocycles. The molecular formula is C9H14N2O. The Morgan fingerprint density at radius 3 is 3.00 bits per heavy atom. The van der Waals surface area contributed by atoms with E-state index in [2.05, 4.69) is 4.98 Å². The topological polar surface area (TPSA) is 48.1 Å². The number of nitrogens with two attached hydrogens (primary N) is 1. The first-order valence-electron chi connectivity index (χ1n) is 3.97. The number of nitrogens with zero attached hydrogens (tertiary/aromatic N) is 1. The average Bonchev–Trinajstić information content (AvgIpc) is 2.03. The Balaban J connectivity index is 2.72. The molecule has 3 heteroatoms. The molecule has 0 aliphatic rings. The molecule has 1 heterocycles. The molecule has 12 heavy (non-hydrogen) atoms. The van der Waals surface area contributed by atoms with Crippen molar-refractivity contribution in [3.05, 3.63) is 23.9 Å². The molecular weight excluding hydrogens is 152 g/mol.